The highest BCUT2D eigenvalue weighted by molar-refractivity contribution is 5.94. The summed E-state index contributed by atoms with van der Waals surface area (Å²) in [5.74, 6) is -0.487. The SMILES string of the molecule is O=C(O)CCCNC(=O)c1ccnc(C2CC2)c1. The Morgan fingerprint density at radius 1 is 1.44 bits per heavy atom. The van der Waals surface area contributed by atoms with Crippen LogP contribution in [0.3, 0.4) is 0 Å². The molecule has 0 unspecified atom stereocenters. The van der Waals surface area contributed by atoms with E-state index in [1.54, 1.807) is 12.3 Å². The molecule has 0 aliphatic heterocycles. The quantitative estimate of drug-likeness (QED) is 0.749. The first-order chi connectivity index (χ1) is 8.66. The number of hydrogen-bond donors (Lipinski definition) is 2. The molecule has 5 heteroatoms. The van der Waals surface area contributed by atoms with Gasteiger partial charge in [-0.3, -0.25) is 14.6 Å². The van der Waals surface area contributed by atoms with Crippen molar-refractivity contribution in [2.24, 2.45) is 0 Å². The van der Waals surface area contributed by atoms with Crippen molar-refractivity contribution < 1.29 is 14.7 Å². The molecule has 18 heavy (non-hydrogen) atoms. The van der Waals surface area contributed by atoms with E-state index in [1.165, 1.54) is 0 Å². The van der Waals surface area contributed by atoms with E-state index in [0.717, 1.165) is 18.5 Å². The van der Waals surface area contributed by atoms with E-state index in [1.807, 2.05) is 6.07 Å². The van der Waals surface area contributed by atoms with Crippen LogP contribution in [0.15, 0.2) is 18.3 Å². The van der Waals surface area contributed by atoms with Crippen LogP contribution in [0.2, 0.25) is 0 Å². The summed E-state index contributed by atoms with van der Waals surface area (Å²) in [5, 5.41) is 11.2. The molecule has 2 N–H and O–H groups in total. The highest BCUT2D eigenvalue weighted by atomic mass is 16.4. The molecule has 1 saturated carbocycles. The Labute approximate surface area is 105 Å². The Morgan fingerprint density at radius 3 is 2.89 bits per heavy atom. The number of carboxylic acid groups (broad SMARTS) is 1. The summed E-state index contributed by atoms with van der Waals surface area (Å²) in [7, 11) is 0. The molecule has 5 nitrogen and oxygen atoms in total. The van der Waals surface area contributed by atoms with Crippen molar-refractivity contribution in [3.05, 3.63) is 29.6 Å². The van der Waals surface area contributed by atoms with Crippen molar-refractivity contribution >= 4 is 11.9 Å². The monoisotopic (exact) mass is 248 g/mol. The fraction of sp³-hybridized carbons (Fsp3) is 0.462. The van der Waals surface area contributed by atoms with E-state index in [2.05, 4.69) is 10.3 Å². The predicted octanol–water partition coefficient (Wildman–Crippen LogP) is 1.55. The van der Waals surface area contributed by atoms with Crippen molar-refractivity contribution in [1.82, 2.24) is 10.3 Å². The topological polar surface area (TPSA) is 79.3 Å². The fourth-order valence-corrected chi connectivity index (χ4v) is 1.74. The van der Waals surface area contributed by atoms with Gasteiger partial charge >= 0.3 is 5.97 Å². The maximum atomic E-state index is 11.8. The number of aromatic nitrogens is 1. The number of carbonyl (C=O) groups is 2. The van der Waals surface area contributed by atoms with Crippen LogP contribution < -0.4 is 5.32 Å². The number of aliphatic carboxylic acids is 1. The van der Waals surface area contributed by atoms with Crippen LogP contribution in [-0.2, 0) is 4.79 Å². The normalized spacial score (nSPS) is 14.2. The molecule has 1 aliphatic carbocycles. The lowest BCUT2D eigenvalue weighted by molar-refractivity contribution is -0.137. The van der Waals surface area contributed by atoms with Crippen molar-refractivity contribution in [3.8, 4) is 0 Å². The maximum Gasteiger partial charge on any atom is 0.303 e. The van der Waals surface area contributed by atoms with E-state index >= 15 is 0 Å². The molecular weight excluding hydrogens is 232 g/mol. The predicted molar refractivity (Wildman–Crippen MR) is 65.4 cm³/mol. The molecule has 0 saturated heterocycles. The van der Waals surface area contributed by atoms with E-state index < -0.39 is 5.97 Å². The van der Waals surface area contributed by atoms with Crippen LogP contribution in [0.4, 0.5) is 0 Å². The number of nitrogens with zero attached hydrogens (tertiary/aromatic N) is 1. The Balaban J connectivity index is 1.84. The third kappa shape index (κ3) is 3.55. The summed E-state index contributed by atoms with van der Waals surface area (Å²) in [5.41, 5.74) is 1.58. The second kappa shape index (κ2) is 5.62. The first-order valence-electron chi connectivity index (χ1n) is 6.13. The Hall–Kier alpha value is -1.91. The van der Waals surface area contributed by atoms with Gasteiger partial charge in [0.25, 0.3) is 5.91 Å². The molecule has 1 aromatic heterocycles. The second-order valence-electron chi connectivity index (χ2n) is 4.50. The molecule has 0 bridgehead atoms. The van der Waals surface area contributed by atoms with Crippen LogP contribution in [0.5, 0.6) is 0 Å². The van der Waals surface area contributed by atoms with Gasteiger partial charge in [-0.25, -0.2) is 0 Å². The second-order valence-corrected chi connectivity index (χ2v) is 4.50. The Bertz CT molecular complexity index is 455. The molecule has 0 radical (unpaired) electrons. The summed E-state index contributed by atoms with van der Waals surface area (Å²) in [6.45, 7) is 0.381. The third-order valence-corrected chi connectivity index (χ3v) is 2.89. The van der Waals surface area contributed by atoms with Gasteiger partial charge in [-0.1, -0.05) is 0 Å². The van der Waals surface area contributed by atoms with Gasteiger partial charge in [0.15, 0.2) is 0 Å². The zero-order chi connectivity index (χ0) is 13.0. The number of carbonyl (C=O) groups excluding carboxylic acids is 1. The first-order valence-corrected chi connectivity index (χ1v) is 6.13. The molecule has 0 atom stereocenters. The standard InChI is InChI=1S/C13H16N2O3/c16-12(17)2-1-6-15-13(18)10-5-7-14-11(8-10)9-3-4-9/h5,7-9H,1-4,6H2,(H,15,18)(H,16,17). The molecule has 1 heterocycles. The highest BCUT2D eigenvalue weighted by Crippen LogP contribution is 2.38. The smallest absolute Gasteiger partial charge is 0.303 e. The molecular formula is C13H16N2O3. The number of pyridine rings is 1. The molecule has 96 valence electrons. The van der Waals surface area contributed by atoms with Crippen molar-refractivity contribution in [2.75, 3.05) is 6.54 Å². The van der Waals surface area contributed by atoms with Gasteiger partial charge in [0, 0.05) is 36.3 Å². The van der Waals surface area contributed by atoms with E-state index in [4.69, 9.17) is 5.11 Å². The van der Waals surface area contributed by atoms with E-state index in [9.17, 15) is 9.59 Å². The van der Waals surface area contributed by atoms with Crippen LogP contribution in [0.25, 0.3) is 0 Å². The van der Waals surface area contributed by atoms with Gasteiger partial charge < -0.3 is 10.4 Å². The molecule has 1 amide bonds. The van der Waals surface area contributed by atoms with Crippen molar-refractivity contribution in [3.63, 3.8) is 0 Å². The summed E-state index contributed by atoms with van der Waals surface area (Å²) < 4.78 is 0. The lowest BCUT2D eigenvalue weighted by Crippen LogP contribution is -2.25. The third-order valence-electron chi connectivity index (χ3n) is 2.89. The number of carboxylic acids is 1. The van der Waals surface area contributed by atoms with E-state index in [0.29, 0.717) is 24.4 Å². The minimum Gasteiger partial charge on any atom is -0.481 e. The van der Waals surface area contributed by atoms with Crippen LogP contribution >= 0.6 is 0 Å². The number of rotatable bonds is 6. The summed E-state index contributed by atoms with van der Waals surface area (Å²) in [6.07, 6.45) is 4.47. The summed E-state index contributed by atoms with van der Waals surface area (Å²) >= 11 is 0. The summed E-state index contributed by atoms with van der Waals surface area (Å²) in [4.78, 5) is 26.4. The van der Waals surface area contributed by atoms with Gasteiger partial charge in [-0.15, -0.1) is 0 Å². The van der Waals surface area contributed by atoms with Crippen LogP contribution in [-0.4, -0.2) is 28.5 Å². The largest absolute Gasteiger partial charge is 0.481 e. The molecule has 1 aliphatic rings. The molecule has 2 rings (SSSR count). The van der Waals surface area contributed by atoms with Crippen LogP contribution in [0.1, 0.15) is 47.7 Å². The average molecular weight is 248 g/mol. The zero-order valence-corrected chi connectivity index (χ0v) is 10.1. The van der Waals surface area contributed by atoms with E-state index in [-0.39, 0.29) is 12.3 Å². The summed E-state index contributed by atoms with van der Waals surface area (Å²) in [6, 6.07) is 3.50. The van der Waals surface area contributed by atoms with Gasteiger partial charge in [0.1, 0.15) is 0 Å². The minimum absolute atomic E-state index is 0.0734. The number of hydrogen-bond acceptors (Lipinski definition) is 3. The molecule has 0 aromatic carbocycles. The van der Waals surface area contributed by atoms with Crippen molar-refractivity contribution in [2.45, 2.75) is 31.6 Å². The highest BCUT2D eigenvalue weighted by Gasteiger charge is 2.25. The zero-order valence-electron chi connectivity index (χ0n) is 10.1. The average Bonchev–Trinajstić information content (AvgIpc) is 3.18. The maximum absolute atomic E-state index is 11.8. The van der Waals surface area contributed by atoms with Crippen LogP contribution in [0, 0.1) is 0 Å². The van der Waals surface area contributed by atoms with Gasteiger partial charge in [0.2, 0.25) is 0 Å². The van der Waals surface area contributed by atoms with Crippen molar-refractivity contribution in [1.29, 1.82) is 0 Å². The van der Waals surface area contributed by atoms with Gasteiger partial charge in [-0.2, -0.15) is 0 Å². The molecule has 1 aromatic rings. The Morgan fingerprint density at radius 2 is 2.22 bits per heavy atom. The lowest BCUT2D eigenvalue weighted by atomic mass is 10.1. The minimum atomic E-state index is -0.843. The Kier molecular flexibility index (Phi) is 3.92. The molecule has 1 fully saturated rings. The first kappa shape index (κ1) is 12.5. The number of nitrogens with one attached hydrogen (secondary N) is 1. The lowest BCUT2D eigenvalue weighted by Gasteiger charge is -2.05. The van der Waals surface area contributed by atoms with Gasteiger partial charge in [-0.05, 0) is 31.4 Å². The van der Waals surface area contributed by atoms with Gasteiger partial charge in [0.05, 0.1) is 0 Å². The fourth-order valence-electron chi connectivity index (χ4n) is 1.74. The number of amides is 1. The molecule has 0 spiro atoms.